The third-order valence-electron chi connectivity index (χ3n) is 2.31. The minimum absolute atomic E-state index is 0.105. The molecule has 2 N–H and O–H groups in total. The van der Waals surface area contributed by atoms with Crippen LogP contribution >= 0.6 is 15.9 Å². The highest BCUT2D eigenvalue weighted by Gasteiger charge is 2.21. The van der Waals surface area contributed by atoms with E-state index in [0.29, 0.717) is 17.4 Å². The molecule has 1 aromatic carbocycles. The maximum Gasteiger partial charge on any atom is 0.130 e. The van der Waals surface area contributed by atoms with Crippen LogP contribution in [0.5, 0.6) is 0 Å². The smallest absolute Gasteiger partial charge is 0.130 e. The molecule has 0 amide bonds. The first-order valence-electron chi connectivity index (χ1n) is 4.69. The van der Waals surface area contributed by atoms with Crippen LogP contribution in [0.25, 0.3) is 0 Å². The highest BCUT2D eigenvalue weighted by molar-refractivity contribution is 9.10. The van der Waals surface area contributed by atoms with Crippen molar-refractivity contribution in [3.8, 4) is 0 Å². The Morgan fingerprint density at radius 3 is 2.13 bits per heavy atom. The van der Waals surface area contributed by atoms with Crippen LogP contribution in [0.15, 0.2) is 16.6 Å². The number of nitrogens with two attached hydrogens (primary N) is 1. The quantitative estimate of drug-likeness (QED) is 0.902. The summed E-state index contributed by atoms with van der Waals surface area (Å²) in [5, 5.41) is 0. The first-order chi connectivity index (χ1) is 6.85. The minimum atomic E-state index is -0.525. The molecule has 0 unspecified atom stereocenters. The Morgan fingerprint density at radius 2 is 1.73 bits per heavy atom. The third-order valence-corrected chi connectivity index (χ3v) is 2.77. The molecule has 0 aliphatic rings. The lowest BCUT2D eigenvalue weighted by molar-refractivity contribution is 0.361. The van der Waals surface area contributed by atoms with Crippen LogP contribution in [0.1, 0.15) is 19.4 Å². The molecule has 0 aliphatic heterocycles. The summed E-state index contributed by atoms with van der Waals surface area (Å²) in [4.78, 5) is 0. The predicted octanol–water partition coefficient (Wildman–Crippen LogP) is 3.25. The van der Waals surface area contributed by atoms with Crippen molar-refractivity contribution in [1.82, 2.24) is 0 Å². The van der Waals surface area contributed by atoms with Crippen molar-refractivity contribution >= 4 is 15.9 Å². The molecule has 0 atom stereocenters. The van der Waals surface area contributed by atoms with Gasteiger partial charge in [0.2, 0.25) is 0 Å². The van der Waals surface area contributed by atoms with E-state index < -0.39 is 11.6 Å². The summed E-state index contributed by atoms with van der Waals surface area (Å²) in [6, 6.07) is 2.54. The van der Waals surface area contributed by atoms with Gasteiger partial charge in [0.25, 0.3) is 0 Å². The van der Waals surface area contributed by atoms with E-state index in [1.165, 1.54) is 12.1 Å². The Labute approximate surface area is 96.8 Å². The van der Waals surface area contributed by atoms with Gasteiger partial charge >= 0.3 is 0 Å². The molecule has 0 heterocycles. The summed E-state index contributed by atoms with van der Waals surface area (Å²) >= 11 is 3.04. The zero-order valence-electron chi connectivity index (χ0n) is 8.78. The molecule has 0 fully saturated rings. The number of halogens is 3. The fourth-order valence-electron chi connectivity index (χ4n) is 1.29. The second-order valence-corrected chi connectivity index (χ2v) is 5.31. The molecule has 1 nitrogen and oxygen atoms in total. The van der Waals surface area contributed by atoms with Gasteiger partial charge in [-0.25, -0.2) is 8.78 Å². The number of rotatable bonds is 3. The van der Waals surface area contributed by atoms with E-state index in [1.807, 2.05) is 13.8 Å². The molecule has 0 bridgehead atoms. The van der Waals surface area contributed by atoms with Crippen LogP contribution in [0, 0.1) is 17.0 Å². The van der Waals surface area contributed by atoms with Crippen molar-refractivity contribution in [3.63, 3.8) is 0 Å². The van der Waals surface area contributed by atoms with Crippen molar-refractivity contribution in [2.45, 2.75) is 20.3 Å². The highest BCUT2D eigenvalue weighted by Crippen LogP contribution is 2.26. The van der Waals surface area contributed by atoms with E-state index in [0.717, 1.165) is 0 Å². The summed E-state index contributed by atoms with van der Waals surface area (Å²) in [6.07, 6.45) is 0.300. The molecule has 15 heavy (non-hydrogen) atoms. The summed E-state index contributed by atoms with van der Waals surface area (Å²) in [7, 11) is 0. The Kier molecular flexibility index (Phi) is 3.84. The summed E-state index contributed by atoms with van der Waals surface area (Å²) in [6.45, 7) is 4.16. The highest BCUT2D eigenvalue weighted by atomic mass is 79.9. The molecule has 1 aromatic rings. The largest absolute Gasteiger partial charge is 0.330 e. The molecule has 0 spiro atoms. The van der Waals surface area contributed by atoms with E-state index >= 15 is 0 Å². The van der Waals surface area contributed by atoms with Crippen LogP contribution < -0.4 is 5.73 Å². The molecule has 1 rings (SSSR count). The molecule has 0 aliphatic carbocycles. The lowest BCUT2D eigenvalue weighted by Gasteiger charge is -2.22. The molecular weight excluding hydrogens is 264 g/mol. The molecule has 4 heteroatoms. The van der Waals surface area contributed by atoms with Gasteiger partial charge in [-0.05, 0) is 30.5 Å². The Bertz CT molecular complexity index is 341. The Balaban J connectivity index is 3.05. The molecule has 84 valence electrons. The van der Waals surface area contributed by atoms with Gasteiger partial charge < -0.3 is 5.73 Å². The second kappa shape index (κ2) is 4.58. The Hall–Kier alpha value is -0.480. The molecule has 0 saturated carbocycles. The summed E-state index contributed by atoms with van der Waals surface area (Å²) < 4.78 is 27.3. The van der Waals surface area contributed by atoms with Crippen molar-refractivity contribution in [1.29, 1.82) is 0 Å². The standard InChI is InChI=1S/C11H14BrF2N/c1-11(2,6-15)5-8-9(13)3-7(12)4-10(8)14/h3-4H,5-6,15H2,1-2H3. The number of benzene rings is 1. The van der Waals surface area contributed by atoms with E-state index in [2.05, 4.69) is 15.9 Å². The zero-order chi connectivity index (χ0) is 11.6. The molecule has 0 saturated heterocycles. The fourth-order valence-corrected chi connectivity index (χ4v) is 1.69. The monoisotopic (exact) mass is 277 g/mol. The maximum atomic E-state index is 13.5. The first kappa shape index (κ1) is 12.6. The second-order valence-electron chi connectivity index (χ2n) is 4.39. The summed E-state index contributed by atoms with van der Waals surface area (Å²) in [5.41, 5.74) is 5.34. The van der Waals surface area contributed by atoms with Gasteiger partial charge in [0.15, 0.2) is 0 Å². The van der Waals surface area contributed by atoms with Gasteiger partial charge in [0.1, 0.15) is 11.6 Å². The average Bonchev–Trinajstić information content (AvgIpc) is 2.11. The molecule has 0 radical (unpaired) electrons. The average molecular weight is 278 g/mol. The van der Waals surface area contributed by atoms with E-state index in [-0.39, 0.29) is 11.0 Å². The fraction of sp³-hybridized carbons (Fsp3) is 0.455. The van der Waals surface area contributed by atoms with Crippen LogP contribution in [0.3, 0.4) is 0 Å². The predicted molar refractivity (Wildman–Crippen MR) is 60.6 cm³/mol. The normalized spacial score (nSPS) is 11.9. The Morgan fingerprint density at radius 1 is 1.27 bits per heavy atom. The minimum Gasteiger partial charge on any atom is -0.330 e. The van der Waals surface area contributed by atoms with Crippen molar-refractivity contribution in [2.75, 3.05) is 6.54 Å². The molecular formula is C11H14BrF2N. The van der Waals surface area contributed by atoms with Crippen molar-refractivity contribution < 1.29 is 8.78 Å². The van der Waals surface area contributed by atoms with Gasteiger partial charge in [-0.2, -0.15) is 0 Å². The van der Waals surface area contributed by atoms with Gasteiger partial charge in [0.05, 0.1) is 0 Å². The van der Waals surface area contributed by atoms with Crippen LogP contribution in [-0.2, 0) is 6.42 Å². The van der Waals surface area contributed by atoms with Crippen LogP contribution in [0.4, 0.5) is 8.78 Å². The van der Waals surface area contributed by atoms with Crippen molar-refractivity contribution in [2.24, 2.45) is 11.1 Å². The van der Waals surface area contributed by atoms with Crippen LogP contribution in [-0.4, -0.2) is 6.54 Å². The van der Waals surface area contributed by atoms with Gasteiger partial charge in [-0.15, -0.1) is 0 Å². The SMILES string of the molecule is CC(C)(CN)Cc1c(F)cc(Br)cc1F. The van der Waals surface area contributed by atoms with E-state index in [1.54, 1.807) is 0 Å². The first-order valence-corrected chi connectivity index (χ1v) is 5.48. The topological polar surface area (TPSA) is 26.0 Å². The van der Waals surface area contributed by atoms with Crippen molar-refractivity contribution in [3.05, 3.63) is 33.8 Å². The third kappa shape index (κ3) is 3.24. The number of hydrogen-bond donors (Lipinski definition) is 1. The molecule has 0 aromatic heterocycles. The number of hydrogen-bond acceptors (Lipinski definition) is 1. The lowest BCUT2D eigenvalue weighted by atomic mass is 9.85. The van der Waals surface area contributed by atoms with Gasteiger partial charge in [-0.1, -0.05) is 29.8 Å². The van der Waals surface area contributed by atoms with E-state index in [9.17, 15) is 8.78 Å². The zero-order valence-corrected chi connectivity index (χ0v) is 10.4. The summed E-state index contributed by atoms with van der Waals surface area (Å²) in [5.74, 6) is -1.05. The van der Waals surface area contributed by atoms with Gasteiger partial charge in [0, 0.05) is 10.0 Å². The van der Waals surface area contributed by atoms with Gasteiger partial charge in [-0.3, -0.25) is 0 Å². The lowest BCUT2D eigenvalue weighted by Crippen LogP contribution is -2.26. The van der Waals surface area contributed by atoms with E-state index in [4.69, 9.17) is 5.73 Å². The van der Waals surface area contributed by atoms with Crippen LogP contribution in [0.2, 0.25) is 0 Å². The maximum absolute atomic E-state index is 13.5.